The number of benzene rings is 1. The van der Waals surface area contributed by atoms with Gasteiger partial charge in [-0.3, -0.25) is 4.79 Å². The molecule has 0 radical (unpaired) electrons. The van der Waals surface area contributed by atoms with Crippen molar-refractivity contribution in [3.63, 3.8) is 0 Å². The van der Waals surface area contributed by atoms with Crippen LogP contribution in [0.1, 0.15) is 29.6 Å². The molecule has 0 aromatic heterocycles. The molecule has 0 bridgehead atoms. The molecule has 1 aliphatic heterocycles. The van der Waals surface area contributed by atoms with Crippen LogP contribution in [0.2, 0.25) is 0 Å². The van der Waals surface area contributed by atoms with Gasteiger partial charge in [0.25, 0.3) is 5.91 Å². The molecule has 1 saturated carbocycles. The van der Waals surface area contributed by atoms with E-state index in [1.807, 2.05) is 4.90 Å². The average molecular weight is 373 g/mol. The molecule has 2 fully saturated rings. The number of phenolic OH excluding ortho intramolecular Hbond substituents is 1. The van der Waals surface area contributed by atoms with Crippen molar-refractivity contribution in [2.24, 2.45) is 0 Å². The van der Waals surface area contributed by atoms with E-state index in [9.17, 15) is 9.90 Å². The van der Waals surface area contributed by atoms with E-state index in [-0.39, 0.29) is 23.8 Å². The van der Waals surface area contributed by atoms with Crippen molar-refractivity contribution < 1.29 is 14.6 Å². The minimum atomic E-state index is -0.0729. The summed E-state index contributed by atoms with van der Waals surface area (Å²) >= 11 is 2.15. The molecule has 1 aliphatic carbocycles. The highest BCUT2D eigenvalue weighted by molar-refractivity contribution is 14.1. The van der Waals surface area contributed by atoms with Crippen LogP contribution in [0.4, 0.5) is 0 Å². The molecule has 0 spiro atoms. The summed E-state index contributed by atoms with van der Waals surface area (Å²) in [4.78, 5) is 14.5. The van der Waals surface area contributed by atoms with Crippen LogP contribution in [0.3, 0.4) is 0 Å². The van der Waals surface area contributed by atoms with Crippen LogP contribution in [-0.4, -0.2) is 41.2 Å². The molecule has 2 atom stereocenters. The Kier molecular flexibility index (Phi) is 3.66. The smallest absolute Gasteiger partial charge is 0.258 e. The summed E-state index contributed by atoms with van der Waals surface area (Å²) in [5.41, 5.74) is 0.402. The zero-order chi connectivity index (χ0) is 13.4. The third kappa shape index (κ3) is 2.45. The predicted octanol–water partition coefficient (Wildman–Crippen LogP) is 2.39. The lowest BCUT2D eigenvalue weighted by atomic mass is 10.1. The quantitative estimate of drug-likeness (QED) is 0.770. The molecule has 4 nitrogen and oxygen atoms in total. The van der Waals surface area contributed by atoms with Crippen molar-refractivity contribution in [2.45, 2.75) is 31.4 Å². The largest absolute Gasteiger partial charge is 0.507 e. The van der Waals surface area contributed by atoms with Crippen molar-refractivity contribution in [3.8, 4) is 5.75 Å². The van der Waals surface area contributed by atoms with Crippen molar-refractivity contribution in [1.82, 2.24) is 4.90 Å². The van der Waals surface area contributed by atoms with Crippen LogP contribution in [0.25, 0.3) is 0 Å². The standard InChI is InChI=1S/C14H16INO3/c15-9-4-5-12(17)10(8-9)14(18)16-6-7-19-13-3-1-2-11(13)16/h4-5,8,11,13,17H,1-3,6-7H2. The molecule has 1 aromatic rings. The number of aromatic hydroxyl groups is 1. The van der Waals surface area contributed by atoms with Gasteiger partial charge in [0.2, 0.25) is 0 Å². The van der Waals surface area contributed by atoms with Gasteiger partial charge in [0.1, 0.15) is 5.75 Å². The molecule has 1 amide bonds. The van der Waals surface area contributed by atoms with Crippen molar-refractivity contribution in [1.29, 1.82) is 0 Å². The minimum Gasteiger partial charge on any atom is -0.507 e. The molecule has 1 heterocycles. The molecule has 1 saturated heterocycles. The second-order valence-electron chi connectivity index (χ2n) is 5.07. The van der Waals surface area contributed by atoms with E-state index < -0.39 is 0 Å². The molecular formula is C14H16INO3. The van der Waals surface area contributed by atoms with Gasteiger partial charge in [-0.05, 0) is 60.1 Å². The fraction of sp³-hybridized carbons (Fsp3) is 0.500. The molecule has 2 aliphatic rings. The Hall–Kier alpha value is -0.820. The minimum absolute atomic E-state index is 0.0615. The monoisotopic (exact) mass is 373 g/mol. The molecular weight excluding hydrogens is 357 g/mol. The Labute approximate surface area is 125 Å². The maximum atomic E-state index is 12.6. The van der Waals surface area contributed by atoms with Gasteiger partial charge in [-0.25, -0.2) is 0 Å². The van der Waals surface area contributed by atoms with Gasteiger partial charge in [-0.2, -0.15) is 0 Å². The van der Waals surface area contributed by atoms with Gasteiger partial charge < -0.3 is 14.7 Å². The Morgan fingerprint density at radius 2 is 2.26 bits per heavy atom. The number of phenols is 1. The summed E-state index contributed by atoms with van der Waals surface area (Å²) in [6.07, 6.45) is 3.33. The summed E-state index contributed by atoms with van der Waals surface area (Å²) in [6, 6.07) is 5.31. The van der Waals surface area contributed by atoms with Gasteiger partial charge in [0, 0.05) is 10.1 Å². The van der Waals surface area contributed by atoms with Crippen LogP contribution in [0.5, 0.6) is 5.75 Å². The number of hydrogen-bond donors (Lipinski definition) is 1. The Morgan fingerprint density at radius 3 is 3.11 bits per heavy atom. The van der Waals surface area contributed by atoms with Crippen molar-refractivity contribution >= 4 is 28.5 Å². The van der Waals surface area contributed by atoms with Crippen LogP contribution < -0.4 is 0 Å². The predicted molar refractivity (Wildman–Crippen MR) is 79.2 cm³/mol. The number of morpholine rings is 1. The molecule has 1 aromatic carbocycles. The molecule has 3 rings (SSSR count). The fourth-order valence-electron chi connectivity index (χ4n) is 3.01. The number of hydrogen-bond acceptors (Lipinski definition) is 3. The third-order valence-corrected chi connectivity index (χ3v) is 4.60. The normalized spacial score (nSPS) is 26.3. The van der Waals surface area contributed by atoms with E-state index in [0.717, 1.165) is 22.8 Å². The Morgan fingerprint density at radius 1 is 1.42 bits per heavy atom. The SMILES string of the molecule is O=C(c1cc(I)ccc1O)N1CCOC2CCCC21. The van der Waals surface area contributed by atoms with Crippen molar-refractivity contribution in [3.05, 3.63) is 27.3 Å². The second kappa shape index (κ2) is 5.28. The summed E-state index contributed by atoms with van der Waals surface area (Å²) < 4.78 is 6.67. The average Bonchev–Trinajstić information content (AvgIpc) is 2.89. The number of nitrogens with zero attached hydrogens (tertiary/aromatic N) is 1. The highest BCUT2D eigenvalue weighted by Crippen LogP contribution is 2.32. The number of carbonyl (C=O) groups is 1. The van der Waals surface area contributed by atoms with Gasteiger partial charge >= 0.3 is 0 Å². The lowest BCUT2D eigenvalue weighted by Crippen LogP contribution is -2.51. The number of rotatable bonds is 1. The van der Waals surface area contributed by atoms with E-state index in [2.05, 4.69) is 22.6 Å². The molecule has 2 unspecified atom stereocenters. The van der Waals surface area contributed by atoms with E-state index in [0.29, 0.717) is 18.7 Å². The van der Waals surface area contributed by atoms with E-state index in [4.69, 9.17) is 4.74 Å². The number of ether oxygens (including phenoxy) is 1. The fourth-order valence-corrected chi connectivity index (χ4v) is 3.50. The van der Waals surface area contributed by atoms with E-state index >= 15 is 0 Å². The van der Waals surface area contributed by atoms with Gasteiger partial charge in [0.15, 0.2) is 0 Å². The topological polar surface area (TPSA) is 49.8 Å². The van der Waals surface area contributed by atoms with Gasteiger partial charge in [-0.15, -0.1) is 0 Å². The number of halogens is 1. The summed E-state index contributed by atoms with van der Waals surface area (Å²) in [5, 5.41) is 9.89. The van der Waals surface area contributed by atoms with Gasteiger partial charge in [-0.1, -0.05) is 0 Å². The number of fused-ring (bicyclic) bond motifs is 1. The molecule has 102 valence electrons. The maximum absolute atomic E-state index is 12.6. The molecule has 5 heteroatoms. The Bertz CT molecular complexity index is 505. The van der Waals surface area contributed by atoms with Crippen LogP contribution in [0.15, 0.2) is 18.2 Å². The first-order valence-corrected chi connectivity index (χ1v) is 7.66. The first-order chi connectivity index (χ1) is 9.16. The van der Waals surface area contributed by atoms with Crippen LogP contribution in [-0.2, 0) is 4.74 Å². The van der Waals surface area contributed by atoms with Gasteiger partial charge in [0.05, 0.1) is 24.3 Å². The zero-order valence-corrected chi connectivity index (χ0v) is 12.7. The van der Waals surface area contributed by atoms with E-state index in [1.54, 1.807) is 18.2 Å². The van der Waals surface area contributed by atoms with E-state index in [1.165, 1.54) is 0 Å². The first kappa shape index (κ1) is 13.2. The lowest BCUT2D eigenvalue weighted by Gasteiger charge is -2.37. The van der Waals surface area contributed by atoms with Crippen molar-refractivity contribution in [2.75, 3.05) is 13.2 Å². The summed E-state index contributed by atoms with van der Waals surface area (Å²) in [5.74, 6) is -0.0114. The van der Waals surface area contributed by atoms with Crippen LogP contribution >= 0.6 is 22.6 Å². The third-order valence-electron chi connectivity index (χ3n) is 3.93. The zero-order valence-electron chi connectivity index (χ0n) is 10.5. The number of carbonyl (C=O) groups excluding carboxylic acids is 1. The number of amides is 1. The summed E-state index contributed by atoms with van der Waals surface area (Å²) in [7, 11) is 0. The highest BCUT2D eigenvalue weighted by Gasteiger charge is 2.39. The molecule has 1 N–H and O–H groups in total. The Balaban J connectivity index is 1.88. The lowest BCUT2D eigenvalue weighted by molar-refractivity contribution is -0.0446. The highest BCUT2D eigenvalue weighted by atomic mass is 127. The summed E-state index contributed by atoms with van der Waals surface area (Å²) in [6.45, 7) is 1.21. The first-order valence-electron chi connectivity index (χ1n) is 6.58. The van der Waals surface area contributed by atoms with Crippen LogP contribution in [0, 0.1) is 3.57 Å². The molecule has 19 heavy (non-hydrogen) atoms. The second-order valence-corrected chi connectivity index (χ2v) is 6.31. The maximum Gasteiger partial charge on any atom is 0.258 e.